The second kappa shape index (κ2) is 7.35. The Morgan fingerprint density at radius 3 is 2.73 bits per heavy atom. The van der Waals surface area contributed by atoms with Crippen LogP contribution in [-0.2, 0) is 24.1 Å². The number of carbonyl (C=O) groups excluding carboxylic acids is 1. The molecule has 0 radical (unpaired) electrons. The highest BCUT2D eigenvalue weighted by Crippen LogP contribution is 2.33. The van der Waals surface area contributed by atoms with Crippen molar-refractivity contribution in [1.82, 2.24) is 14.5 Å². The fourth-order valence-corrected chi connectivity index (χ4v) is 2.90. The first-order valence-electron chi connectivity index (χ1n) is 8.45. The highest BCUT2D eigenvalue weighted by atomic mass is 19.4. The predicted molar refractivity (Wildman–Crippen MR) is 91.1 cm³/mol. The van der Waals surface area contributed by atoms with Crippen LogP contribution in [-0.4, -0.2) is 26.9 Å². The van der Waals surface area contributed by atoms with Crippen molar-refractivity contribution >= 4 is 5.91 Å². The summed E-state index contributed by atoms with van der Waals surface area (Å²) in [5, 5.41) is 0. The smallest absolute Gasteiger partial charge is 0.331 e. The van der Waals surface area contributed by atoms with E-state index in [2.05, 4.69) is 11.6 Å². The van der Waals surface area contributed by atoms with Crippen molar-refractivity contribution in [1.29, 1.82) is 0 Å². The van der Waals surface area contributed by atoms with Crippen molar-refractivity contribution in [2.45, 2.75) is 32.1 Å². The third kappa shape index (κ3) is 4.15. The zero-order valence-corrected chi connectivity index (χ0v) is 14.2. The molecule has 0 aliphatic heterocycles. The minimum Gasteiger partial charge on any atom is -0.331 e. The van der Waals surface area contributed by atoms with E-state index < -0.39 is 11.7 Å². The molecule has 1 aliphatic rings. The Labute approximate surface area is 149 Å². The zero-order chi connectivity index (χ0) is 18.7. The van der Waals surface area contributed by atoms with Gasteiger partial charge in [-0.05, 0) is 24.5 Å². The molecule has 0 N–H and O–H groups in total. The van der Waals surface area contributed by atoms with E-state index in [1.54, 1.807) is 34.0 Å². The summed E-state index contributed by atoms with van der Waals surface area (Å²) in [7, 11) is 0. The molecule has 26 heavy (non-hydrogen) atoms. The lowest BCUT2D eigenvalue weighted by Gasteiger charge is -2.22. The van der Waals surface area contributed by atoms with Gasteiger partial charge in [-0.15, -0.1) is 6.58 Å². The first-order valence-corrected chi connectivity index (χ1v) is 8.45. The molecule has 4 nitrogen and oxygen atoms in total. The first kappa shape index (κ1) is 18.2. The van der Waals surface area contributed by atoms with Crippen LogP contribution in [0.15, 0.2) is 49.3 Å². The van der Waals surface area contributed by atoms with Crippen LogP contribution in [0.1, 0.15) is 29.8 Å². The van der Waals surface area contributed by atoms with Gasteiger partial charge in [0.25, 0.3) is 0 Å². The molecule has 7 heteroatoms. The molecule has 0 bridgehead atoms. The Balaban J connectivity index is 1.81. The normalized spacial score (nSPS) is 14.3. The van der Waals surface area contributed by atoms with Crippen LogP contribution in [0.3, 0.4) is 0 Å². The molecule has 1 heterocycles. The maximum absolute atomic E-state index is 13.2. The first-order chi connectivity index (χ1) is 12.4. The summed E-state index contributed by atoms with van der Waals surface area (Å²) >= 11 is 0. The largest absolute Gasteiger partial charge is 0.416 e. The average Bonchev–Trinajstić information content (AvgIpc) is 3.36. The van der Waals surface area contributed by atoms with Crippen LogP contribution in [0.25, 0.3) is 0 Å². The van der Waals surface area contributed by atoms with Gasteiger partial charge >= 0.3 is 6.18 Å². The number of imidazole rings is 1. The molecule has 138 valence electrons. The quantitative estimate of drug-likeness (QED) is 0.701. The predicted octanol–water partition coefficient (Wildman–Crippen LogP) is 3.87. The Morgan fingerprint density at radius 2 is 2.08 bits per heavy atom. The maximum Gasteiger partial charge on any atom is 0.416 e. The van der Waals surface area contributed by atoms with E-state index in [0.717, 1.165) is 18.9 Å². The van der Waals surface area contributed by atoms with Gasteiger partial charge in [0.1, 0.15) is 5.82 Å². The van der Waals surface area contributed by atoms with Crippen molar-refractivity contribution < 1.29 is 18.0 Å². The lowest BCUT2D eigenvalue weighted by atomic mass is 10.1. The highest BCUT2D eigenvalue weighted by molar-refractivity contribution is 5.81. The molecule has 1 saturated carbocycles. The SMILES string of the molecule is C=CCN(Cc1nccn1Cc1ccccc1C(F)(F)F)C(=O)C1CC1. The van der Waals surface area contributed by atoms with Crippen LogP contribution in [0, 0.1) is 5.92 Å². The monoisotopic (exact) mass is 363 g/mol. The molecule has 0 spiro atoms. The van der Waals surface area contributed by atoms with Crippen molar-refractivity contribution in [2.75, 3.05) is 6.54 Å². The third-order valence-corrected chi connectivity index (χ3v) is 4.39. The molecule has 3 rings (SSSR count). The minimum atomic E-state index is -4.41. The summed E-state index contributed by atoms with van der Waals surface area (Å²) in [5.74, 6) is 0.664. The molecule has 0 atom stereocenters. The lowest BCUT2D eigenvalue weighted by Crippen LogP contribution is -2.33. The number of carbonyl (C=O) groups is 1. The van der Waals surface area contributed by atoms with E-state index in [4.69, 9.17) is 0 Å². The number of hydrogen-bond acceptors (Lipinski definition) is 2. The minimum absolute atomic E-state index is 0.0462. The lowest BCUT2D eigenvalue weighted by molar-refractivity contribution is -0.138. The van der Waals surface area contributed by atoms with E-state index in [9.17, 15) is 18.0 Å². The standard InChI is InChI=1S/C19H20F3N3O/c1-2-10-25(18(26)14-7-8-14)13-17-23-9-11-24(17)12-15-5-3-4-6-16(15)19(20,21)22/h2-6,9,11,14H,1,7-8,10,12-13H2. The van der Waals surface area contributed by atoms with Crippen LogP contribution in [0.5, 0.6) is 0 Å². The Morgan fingerprint density at radius 1 is 1.35 bits per heavy atom. The van der Waals surface area contributed by atoms with Crippen LogP contribution < -0.4 is 0 Å². The molecule has 1 aromatic heterocycles. The van der Waals surface area contributed by atoms with E-state index in [1.165, 1.54) is 12.1 Å². The van der Waals surface area contributed by atoms with E-state index in [1.807, 2.05) is 0 Å². The Kier molecular flexibility index (Phi) is 5.15. The van der Waals surface area contributed by atoms with Crippen molar-refractivity contribution in [3.63, 3.8) is 0 Å². The summed E-state index contributed by atoms with van der Waals surface area (Å²) in [6.45, 7) is 4.36. The van der Waals surface area contributed by atoms with Crippen LogP contribution >= 0.6 is 0 Å². The molecular weight excluding hydrogens is 343 g/mol. The molecular formula is C19H20F3N3O. The molecule has 1 amide bonds. The van der Waals surface area contributed by atoms with Crippen LogP contribution in [0.4, 0.5) is 13.2 Å². The zero-order valence-electron chi connectivity index (χ0n) is 14.2. The summed E-state index contributed by atoms with van der Waals surface area (Å²) < 4.78 is 41.3. The molecule has 1 aliphatic carbocycles. The van der Waals surface area contributed by atoms with Gasteiger partial charge in [0.15, 0.2) is 0 Å². The third-order valence-electron chi connectivity index (χ3n) is 4.39. The molecule has 1 fully saturated rings. The van der Waals surface area contributed by atoms with Gasteiger partial charge in [-0.25, -0.2) is 4.98 Å². The van der Waals surface area contributed by atoms with Crippen molar-refractivity contribution in [3.05, 3.63) is 66.3 Å². The maximum atomic E-state index is 13.2. The van der Waals surface area contributed by atoms with Gasteiger partial charge < -0.3 is 9.47 Å². The van der Waals surface area contributed by atoms with Gasteiger partial charge in [-0.3, -0.25) is 4.79 Å². The number of halogens is 3. The molecule has 0 saturated heterocycles. The van der Waals surface area contributed by atoms with Crippen molar-refractivity contribution in [2.24, 2.45) is 5.92 Å². The van der Waals surface area contributed by atoms with E-state index in [-0.39, 0.29) is 30.5 Å². The Bertz CT molecular complexity index is 793. The Hall–Kier alpha value is -2.57. The van der Waals surface area contributed by atoms with Gasteiger partial charge in [0.2, 0.25) is 5.91 Å². The summed E-state index contributed by atoms with van der Waals surface area (Å²) in [4.78, 5) is 18.3. The topological polar surface area (TPSA) is 38.1 Å². The highest BCUT2D eigenvalue weighted by Gasteiger charge is 2.34. The van der Waals surface area contributed by atoms with Gasteiger partial charge in [-0.1, -0.05) is 24.3 Å². The van der Waals surface area contributed by atoms with Crippen molar-refractivity contribution in [3.8, 4) is 0 Å². The fourth-order valence-electron chi connectivity index (χ4n) is 2.90. The van der Waals surface area contributed by atoms with E-state index in [0.29, 0.717) is 12.4 Å². The van der Waals surface area contributed by atoms with Gasteiger partial charge in [-0.2, -0.15) is 13.2 Å². The summed E-state index contributed by atoms with van der Waals surface area (Å²) in [5.41, 5.74) is -0.486. The molecule has 2 aromatic rings. The molecule has 0 unspecified atom stereocenters. The number of rotatable bonds is 7. The number of hydrogen-bond donors (Lipinski definition) is 0. The number of amides is 1. The second-order valence-corrected chi connectivity index (χ2v) is 6.41. The number of alkyl halides is 3. The van der Waals surface area contributed by atoms with Crippen LogP contribution in [0.2, 0.25) is 0 Å². The van der Waals surface area contributed by atoms with E-state index >= 15 is 0 Å². The fraction of sp³-hybridized carbons (Fsp3) is 0.368. The number of aromatic nitrogens is 2. The number of nitrogens with zero attached hydrogens (tertiary/aromatic N) is 3. The summed E-state index contributed by atoms with van der Waals surface area (Å²) in [6, 6.07) is 5.50. The van der Waals surface area contributed by atoms with Gasteiger partial charge in [0.05, 0.1) is 12.1 Å². The summed E-state index contributed by atoms with van der Waals surface area (Å²) in [6.07, 6.45) is 2.19. The number of benzene rings is 1. The average molecular weight is 363 g/mol. The van der Waals surface area contributed by atoms with Gasteiger partial charge in [0, 0.05) is 31.4 Å². The second-order valence-electron chi connectivity index (χ2n) is 6.41. The molecule has 1 aromatic carbocycles.